The molecule has 0 aliphatic carbocycles. The largest absolute Gasteiger partial charge is 0.416 e. The highest BCUT2D eigenvalue weighted by atomic mass is 19.4. The average Bonchev–Trinajstić information content (AvgIpc) is 3.32. The Bertz CT molecular complexity index is 845. The van der Waals surface area contributed by atoms with Gasteiger partial charge in [-0.3, -0.25) is 0 Å². The molecule has 1 fully saturated rings. The Labute approximate surface area is 174 Å². The van der Waals surface area contributed by atoms with Crippen LogP contribution >= 0.6 is 0 Å². The Hall–Kier alpha value is -2.55. The fourth-order valence-corrected chi connectivity index (χ4v) is 3.44. The molecule has 1 atom stereocenters. The summed E-state index contributed by atoms with van der Waals surface area (Å²) >= 11 is 0. The third kappa shape index (κ3) is 5.98. The molecule has 0 spiro atoms. The van der Waals surface area contributed by atoms with E-state index >= 15 is 0 Å². The molecule has 1 unspecified atom stereocenters. The number of aromatic nitrogens is 2. The molecule has 9 heteroatoms. The molecule has 30 heavy (non-hydrogen) atoms. The predicted molar refractivity (Wildman–Crippen MR) is 106 cm³/mol. The standard InChI is InChI=1S/C21H27F3N4O2/c1-15(2)26-20(29)28(13-18-7-4-10-30-18)14-19-25-8-9-27(19)12-16-5-3-6-17(11-16)21(22,23)24/h3,5-6,8-9,11,15,18H,4,7,10,12-14H2,1-2H3,(H,26,29). The van der Waals surface area contributed by atoms with E-state index < -0.39 is 11.7 Å². The van der Waals surface area contributed by atoms with Crippen LogP contribution in [0, 0.1) is 0 Å². The number of rotatable bonds is 7. The molecular weight excluding hydrogens is 397 g/mol. The van der Waals surface area contributed by atoms with Gasteiger partial charge in [-0.2, -0.15) is 13.2 Å². The van der Waals surface area contributed by atoms with E-state index in [1.54, 1.807) is 27.9 Å². The van der Waals surface area contributed by atoms with Crippen LogP contribution in [0.3, 0.4) is 0 Å². The van der Waals surface area contributed by atoms with Gasteiger partial charge in [-0.05, 0) is 44.4 Å². The van der Waals surface area contributed by atoms with Crippen LogP contribution in [0.15, 0.2) is 36.7 Å². The Balaban J connectivity index is 1.75. The van der Waals surface area contributed by atoms with Crippen molar-refractivity contribution in [1.29, 1.82) is 0 Å². The molecule has 3 rings (SSSR count). The van der Waals surface area contributed by atoms with Crippen LogP contribution in [-0.4, -0.2) is 45.8 Å². The lowest BCUT2D eigenvalue weighted by Crippen LogP contribution is -2.46. The molecular formula is C21H27F3N4O2. The number of imidazole rings is 1. The molecule has 1 aromatic carbocycles. The summed E-state index contributed by atoms with van der Waals surface area (Å²) in [5.74, 6) is 0.601. The number of alkyl halides is 3. The summed E-state index contributed by atoms with van der Waals surface area (Å²) in [7, 11) is 0. The number of nitrogens with zero attached hydrogens (tertiary/aromatic N) is 3. The number of urea groups is 1. The van der Waals surface area contributed by atoms with Crippen molar-refractivity contribution in [2.45, 2.75) is 58.1 Å². The minimum Gasteiger partial charge on any atom is -0.376 e. The summed E-state index contributed by atoms with van der Waals surface area (Å²) in [4.78, 5) is 18.7. The molecule has 0 saturated carbocycles. The number of hydrogen-bond donors (Lipinski definition) is 1. The Morgan fingerprint density at radius 3 is 2.87 bits per heavy atom. The van der Waals surface area contributed by atoms with E-state index in [1.807, 2.05) is 13.8 Å². The van der Waals surface area contributed by atoms with Gasteiger partial charge in [0.05, 0.1) is 18.2 Å². The molecule has 0 radical (unpaired) electrons. The quantitative estimate of drug-likeness (QED) is 0.730. The highest BCUT2D eigenvalue weighted by molar-refractivity contribution is 5.74. The Morgan fingerprint density at radius 2 is 2.20 bits per heavy atom. The highest BCUT2D eigenvalue weighted by Gasteiger charge is 2.30. The summed E-state index contributed by atoms with van der Waals surface area (Å²) in [5, 5.41) is 2.89. The van der Waals surface area contributed by atoms with Crippen LogP contribution in [0.5, 0.6) is 0 Å². The predicted octanol–water partition coefficient (Wildman–Crippen LogP) is 4.05. The first kappa shape index (κ1) is 22.1. The number of ether oxygens (including phenoxy) is 1. The molecule has 1 aliphatic rings. The van der Waals surface area contributed by atoms with E-state index in [0.717, 1.165) is 25.0 Å². The van der Waals surface area contributed by atoms with Gasteiger partial charge >= 0.3 is 12.2 Å². The second kappa shape index (κ2) is 9.51. The van der Waals surface area contributed by atoms with E-state index in [2.05, 4.69) is 10.3 Å². The van der Waals surface area contributed by atoms with Crippen molar-refractivity contribution in [3.05, 3.63) is 53.6 Å². The number of halogens is 3. The molecule has 6 nitrogen and oxygen atoms in total. The zero-order valence-corrected chi connectivity index (χ0v) is 17.2. The fraction of sp³-hybridized carbons (Fsp3) is 0.524. The van der Waals surface area contributed by atoms with Crippen LogP contribution in [0.4, 0.5) is 18.0 Å². The SMILES string of the molecule is CC(C)NC(=O)N(Cc1nccn1Cc1cccc(C(F)(F)F)c1)CC1CCCO1. The van der Waals surface area contributed by atoms with Crippen molar-refractivity contribution < 1.29 is 22.7 Å². The van der Waals surface area contributed by atoms with Crippen LogP contribution < -0.4 is 5.32 Å². The molecule has 1 aromatic heterocycles. The maximum Gasteiger partial charge on any atom is 0.416 e. The van der Waals surface area contributed by atoms with Gasteiger partial charge in [-0.1, -0.05) is 12.1 Å². The first-order valence-corrected chi connectivity index (χ1v) is 10.1. The van der Waals surface area contributed by atoms with Gasteiger partial charge in [-0.25, -0.2) is 9.78 Å². The number of carbonyl (C=O) groups excluding carboxylic acids is 1. The zero-order valence-electron chi connectivity index (χ0n) is 17.2. The van der Waals surface area contributed by atoms with Gasteiger partial charge in [0, 0.05) is 38.1 Å². The van der Waals surface area contributed by atoms with Crippen molar-refractivity contribution in [3.8, 4) is 0 Å². The second-order valence-corrected chi connectivity index (χ2v) is 7.79. The van der Waals surface area contributed by atoms with E-state index in [9.17, 15) is 18.0 Å². The van der Waals surface area contributed by atoms with Crippen molar-refractivity contribution >= 4 is 6.03 Å². The maximum atomic E-state index is 13.0. The van der Waals surface area contributed by atoms with E-state index in [4.69, 9.17) is 4.74 Å². The highest BCUT2D eigenvalue weighted by Crippen LogP contribution is 2.29. The van der Waals surface area contributed by atoms with Gasteiger partial charge in [0.15, 0.2) is 0 Å². The lowest BCUT2D eigenvalue weighted by molar-refractivity contribution is -0.137. The van der Waals surface area contributed by atoms with E-state index in [1.165, 1.54) is 6.07 Å². The van der Waals surface area contributed by atoms with E-state index in [-0.39, 0.29) is 31.3 Å². The Kier molecular flexibility index (Phi) is 7.02. The monoisotopic (exact) mass is 424 g/mol. The number of benzene rings is 1. The van der Waals surface area contributed by atoms with Crippen molar-refractivity contribution in [2.75, 3.05) is 13.2 Å². The number of hydrogen-bond acceptors (Lipinski definition) is 3. The lowest BCUT2D eigenvalue weighted by atomic mass is 10.1. The summed E-state index contributed by atoms with van der Waals surface area (Å²) in [5.41, 5.74) is -0.167. The summed E-state index contributed by atoms with van der Waals surface area (Å²) < 4.78 is 46.4. The van der Waals surface area contributed by atoms with Crippen molar-refractivity contribution in [3.63, 3.8) is 0 Å². The topological polar surface area (TPSA) is 59.4 Å². The molecule has 2 aromatic rings. The summed E-state index contributed by atoms with van der Waals surface area (Å²) in [6, 6.07) is 5.00. The van der Waals surface area contributed by atoms with Crippen LogP contribution in [0.25, 0.3) is 0 Å². The van der Waals surface area contributed by atoms with Gasteiger partial charge in [-0.15, -0.1) is 0 Å². The number of nitrogens with one attached hydrogen (secondary N) is 1. The fourth-order valence-electron chi connectivity index (χ4n) is 3.44. The normalized spacial score (nSPS) is 16.8. The molecule has 2 amide bonds. The minimum atomic E-state index is -4.39. The molecule has 1 aliphatic heterocycles. The summed E-state index contributed by atoms with van der Waals surface area (Å²) in [6.45, 7) is 5.38. The van der Waals surface area contributed by atoms with Crippen molar-refractivity contribution in [2.24, 2.45) is 0 Å². The van der Waals surface area contributed by atoms with Crippen LogP contribution in [-0.2, 0) is 24.0 Å². The van der Waals surface area contributed by atoms with Crippen LogP contribution in [0.1, 0.15) is 43.6 Å². The van der Waals surface area contributed by atoms with Gasteiger partial charge in [0.1, 0.15) is 5.82 Å². The third-order valence-electron chi connectivity index (χ3n) is 4.89. The molecule has 0 bridgehead atoms. The van der Waals surface area contributed by atoms with Gasteiger partial charge < -0.3 is 19.5 Å². The molecule has 1 saturated heterocycles. The smallest absolute Gasteiger partial charge is 0.376 e. The number of amides is 2. The summed E-state index contributed by atoms with van der Waals surface area (Å²) in [6.07, 6.45) is 0.752. The number of carbonyl (C=O) groups is 1. The first-order chi connectivity index (χ1) is 14.2. The second-order valence-electron chi connectivity index (χ2n) is 7.79. The average molecular weight is 424 g/mol. The molecule has 1 N–H and O–H groups in total. The van der Waals surface area contributed by atoms with Crippen molar-refractivity contribution in [1.82, 2.24) is 19.8 Å². The van der Waals surface area contributed by atoms with Gasteiger partial charge in [0.25, 0.3) is 0 Å². The Morgan fingerprint density at radius 1 is 1.40 bits per heavy atom. The third-order valence-corrected chi connectivity index (χ3v) is 4.89. The lowest BCUT2D eigenvalue weighted by Gasteiger charge is -2.26. The molecule has 164 valence electrons. The molecule has 2 heterocycles. The maximum absolute atomic E-state index is 13.0. The minimum absolute atomic E-state index is 0.0187. The van der Waals surface area contributed by atoms with Crippen LogP contribution in [0.2, 0.25) is 0 Å². The van der Waals surface area contributed by atoms with E-state index in [0.29, 0.717) is 24.5 Å². The van der Waals surface area contributed by atoms with Gasteiger partial charge in [0.2, 0.25) is 0 Å². The zero-order chi connectivity index (χ0) is 21.7. The first-order valence-electron chi connectivity index (χ1n) is 10.1.